The second-order valence-corrected chi connectivity index (χ2v) is 5.57. The second kappa shape index (κ2) is 6.49. The molecule has 22 heavy (non-hydrogen) atoms. The molecule has 1 amide bonds. The summed E-state index contributed by atoms with van der Waals surface area (Å²) in [5, 5.41) is 7.10. The summed E-state index contributed by atoms with van der Waals surface area (Å²) < 4.78 is 1.69. The smallest absolute Gasteiger partial charge is 0.258 e. The van der Waals surface area contributed by atoms with Crippen LogP contribution < -0.4 is 5.32 Å². The van der Waals surface area contributed by atoms with Crippen molar-refractivity contribution in [2.45, 2.75) is 4.90 Å². The quantitative estimate of drug-likeness (QED) is 0.745. The van der Waals surface area contributed by atoms with Crippen LogP contribution in [-0.2, 0) is 0 Å². The highest BCUT2D eigenvalue weighted by molar-refractivity contribution is 7.98. The molecule has 3 aromatic rings. The van der Waals surface area contributed by atoms with Crippen molar-refractivity contribution in [3.63, 3.8) is 0 Å². The number of hydrogen-bond acceptors (Lipinski definition) is 3. The minimum atomic E-state index is -0.168. The number of carbonyl (C=O) groups is 1. The first-order chi connectivity index (χ1) is 10.8. The second-order valence-electron chi connectivity index (χ2n) is 4.69. The molecule has 0 saturated heterocycles. The van der Waals surface area contributed by atoms with Crippen LogP contribution >= 0.6 is 11.8 Å². The number of anilines is 1. The maximum atomic E-state index is 12.2. The average Bonchev–Trinajstić information content (AvgIpc) is 3.06. The van der Waals surface area contributed by atoms with E-state index in [1.54, 1.807) is 28.8 Å². The summed E-state index contributed by atoms with van der Waals surface area (Å²) in [6, 6.07) is 17.4. The summed E-state index contributed by atoms with van der Waals surface area (Å²) in [5.41, 5.74) is 2.22. The van der Waals surface area contributed by atoms with Crippen LogP contribution in [0.4, 0.5) is 5.69 Å². The minimum absolute atomic E-state index is 0.168. The summed E-state index contributed by atoms with van der Waals surface area (Å²) in [6.45, 7) is 0. The molecular formula is C17H15N3OS. The van der Waals surface area contributed by atoms with Gasteiger partial charge in [-0.25, -0.2) is 4.68 Å². The van der Waals surface area contributed by atoms with Crippen molar-refractivity contribution in [3.8, 4) is 5.69 Å². The molecule has 2 aromatic carbocycles. The molecule has 0 bridgehead atoms. The van der Waals surface area contributed by atoms with Crippen molar-refractivity contribution in [2.75, 3.05) is 11.6 Å². The summed E-state index contributed by atoms with van der Waals surface area (Å²) in [4.78, 5) is 13.4. The Morgan fingerprint density at radius 2 is 1.82 bits per heavy atom. The van der Waals surface area contributed by atoms with Crippen molar-refractivity contribution in [2.24, 2.45) is 0 Å². The molecule has 110 valence electrons. The number of hydrogen-bond donors (Lipinski definition) is 1. The number of aromatic nitrogens is 2. The van der Waals surface area contributed by atoms with E-state index in [-0.39, 0.29) is 5.91 Å². The average molecular weight is 309 g/mol. The van der Waals surface area contributed by atoms with Gasteiger partial charge in [-0.2, -0.15) is 5.10 Å². The lowest BCUT2D eigenvalue weighted by atomic mass is 10.3. The maximum absolute atomic E-state index is 12.2. The molecule has 3 rings (SSSR count). The highest BCUT2D eigenvalue weighted by atomic mass is 32.2. The van der Waals surface area contributed by atoms with Crippen LogP contribution in [0, 0.1) is 0 Å². The highest BCUT2D eigenvalue weighted by Gasteiger charge is 2.09. The van der Waals surface area contributed by atoms with Crippen LogP contribution in [0.15, 0.2) is 71.9 Å². The lowest BCUT2D eigenvalue weighted by molar-refractivity contribution is 0.102. The van der Waals surface area contributed by atoms with Crippen LogP contribution in [0.2, 0.25) is 0 Å². The summed E-state index contributed by atoms with van der Waals surface area (Å²) in [7, 11) is 0. The van der Waals surface area contributed by atoms with Gasteiger partial charge in [-0.3, -0.25) is 4.79 Å². The third-order valence-corrected chi connectivity index (χ3v) is 3.96. The van der Waals surface area contributed by atoms with Gasteiger partial charge in [0.2, 0.25) is 0 Å². The van der Waals surface area contributed by atoms with Gasteiger partial charge < -0.3 is 5.32 Å². The van der Waals surface area contributed by atoms with Crippen LogP contribution in [0.3, 0.4) is 0 Å². The molecule has 1 heterocycles. The molecule has 4 nitrogen and oxygen atoms in total. The lowest BCUT2D eigenvalue weighted by Crippen LogP contribution is -2.10. The van der Waals surface area contributed by atoms with E-state index in [0.717, 1.165) is 16.3 Å². The lowest BCUT2D eigenvalue weighted by Gasteiger charge is -2.04. The Bertz CT molecular complexity index is 766. The molecule has 5 heteroatoms. The van der Waals surface area contributed by atoms with E-state index in [2.05, 4.69) is 10.4 Å². The number of rotatable bonds is 4. The summed E-state index contributed by atoms with van der Waals surface area (Å²) in [5.74, 6) is -0.168. The third-order valence-electron chi connectivity index (χ3n) is 3.21. The molecule has 0 fully saturated rings. The largest absolute Gasteiger partial charge is 0.322 e. The van der Waals surface area contributed by atoms with E-state index < -0.39 is 0 Å². The SMILES string of the molecule is CSc1ccc(NC(=O)c2cnn(-c3ccccc3)c2)cc1. The zero-order chi connectivity index (χ0) is 15.4. The Hall–Kier alpha value is -2.53. The monoisotopic (exact) mass is 309 g/mol. The molecule has 0 unspecified atom stereocenters. The van der Waals surface area contributed by atoms with Crippen LogP contribution in [0.5, 0.6) is 0 Å². The minimum Gasteiger partial charge on any atom is -0.322 e. The number of para-hydroxylation sites is 1. The van der Waals surface area contributed by atoms with E-state index in [1.165, 1.54) is 0 Å². The molecule has 1 N–H and O–H groups in total. The standard InChI is InChI=1S/C17H15N3OS/c1-22-16-9-7-14(8-10-16)19-17(21)13-11-18-20(12-13)15-5-3-2-4-6-15/h2-12H,1H3,(H,19,21). The third kappa shape index (κ3) is 3.20. The Kier molecular flexibility index (Phi) is 4.25. The van der Waals surface area contributed by atoms with Gasteiger partial charge in [-0.05, 0) is 42.7 Å². The normalized spacial score (nSPS) is 10.4. The fourth-order valence-electron chi connectivity index (χ4n) is 2.04. The van der Waals surface area contributed by atoms with E-state index in [0.29, 0.717) is 5.56 Å². The van der Waals surface area contributed by atoms with Crippen molar-refractivity contribution < 1.29 is 4.79 Å². The van der Waals surface area contributed by atoms with Crippen molar-refractivity contribution in [3.05, 3.63) is 72.6 Å². The van der Waals surface area contributed by atoms with E-state index in [9.17, 15) is 4.79 Å². The van der Waals surface area contributed by atoms with Gasteiger partial charge in [-0.1, -0.05) is 18.2 Å². The predicted octanol–water partition coefficient (Wildman–Crippen LogP) is 3.85. The Labute approximate surface area is 133 Å². The Morgan fingerprint density at radius 3 is 2.50 bits per heavy atom. The Morgan fingerprint density at radius 1 is 1.09 bits per heavy atom. The van der Waals surface area contributed by atoms with Crippen LogP contribution in [-0.4, -0.2) is 21.9 Å². The molecule has 0 aliphatic carbocycles. The molecule has 0 aliphatic rings. The van der Waals surface area contributed by atoms with Gasteiger partial charge in [0.1, 0.15) is 0 Å². The van der Waals surface area contributed by atoms with Crippen molar-refractivity contribution in [1.29, 1.82) is 0 Å². The molecule has 0 aliphatic heterocycles. The first-order valence-corrected chi connectivity index (χ1v) is 8.04. The van der Waals surface area contributed by atoms with Gasteiger partial charge in [-0.15, -0.1) is 11.8 Å². The molecule has 0 spiro atoms. The number of amides is 1. The fraction of sp³-hybridized carbons (Fsp3) is 0.0588. The zero-order valence-corrected chi connectivity index (χ0v) is 12.9. The predicted molar refractivity (Wildman–Crippen MR) is 89.7 cm³/mol. The fourth-order valence-corrected chi connectivity index (χ4v) is 2.45. The molecule has 0 saturated carbocycles. The maximum Gasteiger partial charge on any atom is 0.258 e. The van der Waals surface area contributed by atoms with E-state index in [4.69, 9.17) is 0 Å². The summed E-state index contributed by atoms with van der Waals surface area (Å²) in [6.07, 6.45) is 5.31. The number of nitrogens with zero attached hydrogens (tertiary/aromatic N) is 2. The number of carbonyl (C=O) groups excluding carboxylic acids is 1. The number of thioether (sulfide) groups is 1. The van der Waals surface area contributed by atoms with Crippen LogP contribution in [0.25, 0.3) is 5.69 Å². The van der Waals surface area contributed by atoms with Gasteiger partial charge in [0.15, 0.2) is 0 Å². The molecule has 1 aromatic heterocycles. The topological polar surface area (TPSA) is 46.9 Å². The van der Waals surface area contributed by atoms with E-state index in [1.807, 2.05) is 60.9 Å². The molecular weight excluding hydrogens is 294 g/mol. The zero-order valence-electron chi connectivity index (χ0n) is 12.1. The number of nitrogens with one attached hydrogen (secondary N) is 1. The highest BCUT2D eigenvalue weighted by Crippen LogP contribution is 2.18. The van der Waals surface area contributed by atoms with Crippen molar-refractivity contribution >= 4 is 23.4 Å². The van der Waals surface area contributed by atoms with Crippen LogP contribution in [0.1, 0.15) is 10.4 Å². The first kappa shape index (κ1) is 14.4. The van der Waals surface area contributed by atoms with Crippen molar-refractivity contribution in [1.82, 2.24) is 9.78 Å². The Balaban J connectivity index is 1.74. The van der Waals surface area contributed by atoms with Gasteiger partial charge >= 0.3 is 0 Å². The number of benzene rings is 2. The summed E-state index contributed by atoms with van der Waals surface area (Å²) >= 11 is 1.67. The van der Waals surface area contributed by atoms with E-state index >= 15 is 0 Å². The van der Waals surface area contributed by atoms with Gasteiger partial charge in [0.25, 0.3) is 5.91 Å². The molecule has 0 atom stereocenters. The molecule has 0 radical (unpaired) electrons. The first-order valence-electron chi connectivity index (χ1n) is 6.82. The van der Waals surface area contributed by atoms with Gasteiger partial charge in [0, 0.05) is 16.8 Å². The van der Waals surface area contributed by atoms with Gasteiger partial charge in [0.05, 0.1) is 17.4 Å².